The highest BCUT2D eigenvalue weighted by Crippen LogP contribution is 2.31. The minimum atomic E-state index is -4.31. The van der Waals surface area contributed by atoms with Gasteiger partial charge in [-0.05, 0) is 30.2 Å². The molecule has 0 bridgehead atoms. The van der Waals surface area contributed by atoms with E-state index in [0.29, 0.717) is 12.5 Å². The van der Waals surface area contributed by atoms with E-state index in [4.69, 9.17) is 4.74 Å². The van der Waals surface area contributed by atoms with Crippen LogP contribution < -0.4 is 4.74 Å². The molecule has 0 saturated heterocycles. The van der Waals surface area contributed by atoms with Crippen LogP contribution in [0.1, 0.15) is 42.9 Å². The van der Waals surface area contributed by atoms with Crippen LogP contribution in [0.2, 0.25) is 0 Å². The second-order valence-corrected chi connectivity index (χ2v) is 5.83. The first kappa shape index (κ1) is 18.0. The number of hydrogen-bond acceptors (Lipinski definition) is 2. The average molecular weight is 335 g/mol. The van der Waals surface area contributed by atoms with E-state index in [1.54, 1.807) is 12.3 Å². The highest BCUT2D eigenvalue weighted by atomic mass is 19.4. The van der Waals surface area contributed by atoms with Crippen LogP contribution in [-0.2, 0) is 6.18 Å². The fourth-order valence-corrected chi connectivity index (χ4v) is 2.22. The van der Waals surface area contributed by atoms with Crippen molar-refractivity contribution in [3.8, 4) is 5.88 Å². The largest absolute Gasteiger partial charge is 0.477 e. The molecule has 1 atom stereocenters. The number of aromatic nitrogens is 1. The van der Waals surface area contributed by atoms with E-state index in [1.807, 2.05) is 19.9 Å². The Kier molecular flexibility index (Phi) is 5.65. The number of ether oxygens (including phenoxy) is 1. The summed E-state index contributed by atoms with van der Waals surface area (Å²) in [7, 11) is 0. The molecule has 5 heteroatoms. The zero-order valence-electron chi connectivity index (χ0n) is 13.7. The van der Waals surface area contributed by atoms with Crippen LogP contribution >= 0.6 is 0 Å². The minimum absolute atomic E-state index is 0.0516. The number of alkyl halides is 3. The van der Waals surface area contributed by atoms with Gasteiger partial charge in [-0.1, -0.05) is 30.7 Å². The van der Waals surface area contributed by atoms with Gasteiger partial charge in [0.1, 0.15) is 0 Å². The summed E-state index contributed by atoms with van der Waals surface area (Å²) in [5, 5.41) is 0. The van der Waals surface area contributed by atoms with Crippen LogP contribution in [0.15, 0.2) is 54.7 Å². The monoisotopic (exact) mass is 335 g/mol. The molecule has 0 aliphatic rings. The lowest BCUT2D eigenvalue weighted by Gasteiger charge is -2.14. The Morgan fingerprint density at radius 2 is 1.75 bits per heavy atom. The van der Waals surface area contributed by atoms with E-state index in [1.165, 1.54) is 12.1 Å². The summed E-state index contributed by atoms with van der Waals surface area (Å²) >= 11 is 0. The van der Waals surface area contributed by atoms with Crippen molar-refractivity contribution in [1.82, 2.24) is 4.98 Å². The molecule has 0 saturated carbocycles. The molecule has 0 N–H and O–H groups in total. The normalized spacial score (nSPS) is 12.7. The summed E-state index contributed by atoms with van der Waals surface area (Å²) in [6, 6.07) is 8.87. The molecule has 1 aromatic heterocycles. The van der Waals surface area contributed by atoms with Gasteiger partial charge in [0.15, 0.2) is 0 Å². The van der Waals surface area contributed by atoms with Gasteiger partial charge in [-0.25, -0.2) is 4.98 Å². The minimum Gasteiger partial charge on any atom is -0.477 e. The number of rotatable bonds is 6. The molecule has 128 valence electrons. The Morgan fingerprint density at radius 3 is 2.25 bits per heavy atom. The zero-order chi connectivity index (χ0) is 17.7. The lowest BCUT2D eigenvalue weighted by atomic mass is 9.94. The molecule has 0 aliphatic heterocycles. The molecular weight excluding hydrogens is 315 g/mol. The molecule has 0 radical (unpaired) electrons. The van der Waals surface area contributed by atoms with Crippen LogP contribution in [0.25, 0.3) is 0 Å². The van der Waals surface area contributed by atoms with Crippen LogP contribution in [0.4, 0.5) is 13.2 Å². The number of pyridine rings is 1. The Labute approximate surface area is 140 Å². The Balaban J connectivity index is 2.04. The summed E-state index contributed by atoms with van der Waals surface area (Å²) in [6.45, 7) is 8.20. The molecule has 24 heavy (non-hydrogen) atoms. The molecule has 2 aromatic rings. The number of benzene rings is 1. The average Bonchev–Trinajstić information content (AvgIpc) is 2.54. The molecule has 0 fully saturated rings. The molecular formula is C19H20F3NO. The molecule has 0 amide bonds. The second-order valence-electron chi connectivity index (χ2n) is 5.83. The third-order valence-electron chi connectivity index (χ3n) is 3.78. The maximum atomic E-state index is 12.6. The summed E-state index contributed by atoms with van der Waals surface area (Å²) in [5.41, 5.74) is 2.13. The van der Waals surface area contributed by atoms with Crippen molar-refractivity contribution in [3.05, 3.63) is 71.4 Å². The van der Waals surface area contributed by atoms with Gasteiger partial charge >= 0.3 is 6.18 Å². The predicted molar refractivity (Wildman–Crippen MR) is 88.1 cm³/mol. The smallest absolute Gasteiger partial charge is 0.416 e. The lowest BCUT2D eigenvalue weighted by Crippen LogP contribution is -2.05. The van der Waals surface area contributed by atoms with Crippen molar-refractivity contribution in [2.45, 2.75) is 32.4 Å². The fourth-order valence-electron chi connectivity index (χ4n) is 2.22. The highest BCUT2D eigenvalue weighted by Gasteiger charge is 2.30. The topological polar surface area (TPSA) is 22.1 Å². The first-order chi connectivity index (χ1) is 11.3. The van der Waals surface area contributed by atoms with E-state index in [0.717, 1.165) is 35.3 Å². The summed E-state index contributed by atoms with van der Waals surface area (Å²) in [5.74, 6) is 0.476. The van der Waals surface area contributed by atoms with E-state index in [9.17, 15) is 13.2 Å². The lowest BCUT2D eigenvalue weighted by molar-refractivity contribution is -0.137. The number of hydrogen-bond donors (Lipinski definition) is 0. The maximum Gasteiger partial charge on any atom is 0.416 e. The second kappa shape index (κ2) is 7.51. The molecule has 1 heterocycles. The van der Waals surface area contributed by atoms with Crippen LogP contribution in [-0.4, -0.2) is 11.6 Å². The number of halogens is 3. The van der Waals surface area contributed by atoms with Gasteiger partial charge in [-0.2, -0.15) is 13.2 Å². The Bertz CT molecular complexity index is 675. The highest BCUT2D eigenvalue weighted by molar-refractivity contribution is 5.34. The summed E-state index contributed by atoms with van der Waals surface area (Å²) in [4.78, 5) is 4.25. The van der Waals surface area contributed by atoms with Gasteiger partial charge in [-0.15, -0.1) is 6.58 Å². The van der Waals surface area contributed by atoms with Crippen molar-refractivity contribution in [2.24, 2.45) is 0 Å². The van der Waals surface area contributed by atoms with Gasteiger partial charge in [0.25, 0.3) is 0 Å². The SMILES string of the molecule is C=C(C)CCOc1ccc(C(C)c2ccc(C(F)(F)F)cc2)cn1. The predicted octanol–water partition coefficient (Wildman–Crippen LogP) is 5.60. The van der Waals surface area contributed by atoms with Crippen LogP contribution in [0, 0.1) is 0 Å². The Hall–Kier alpha value is -2.30. The van der Waals surface area contributed by atoms with Gasteiger partial charge in [-0.3, -0.25) is 0 Å². The van der Waals surface area contributed by atoms with Gasteiger partial charge in [0.05, 0.1) is 12.2 Å². The quantitative estimate of drug-likeness (QED) is 0.641. The van der Waals surface area contributed by atoms with Gasteiger partial charge in [0, 0.05) is 24.6 Å². The third-order valence-corrected chi connectivity index (χ3v) is 3.78. The van der Waals surface area contributed by atoms with Crippen molar-refractivity contribution in [3.63, 3.8) is 0 Å². The number of nitrogens with zero attached hydrogens (tertiary/aromatic N) is 1. The molecule has 0 aliphatic carbocycles. The van der Waals surface area contributed by atoms with Gasteiger partial charge in [0.2, 0.25) is 5.88 Å². The van der Waals surface area contributed by atoms with Crippen molar-refractivity contribution < 1.29 is 17.9 Å². The van der Waals surface area contributed by atoms with Crippen molar-refractivity contribution >= 4 is 0 Å². The molecule has 0 spiro atoms. The van der Waals surface area contributed by atoms with Gasteiger partial charge < -0.3 is 4.74 Å². The van der Waals surface area contributed by atoms with Crippen molar-refractivity contribution in [2.75, 3.05) is 6.61 Å². The molecule has 1 unspecified atom stereocenters. The van der Waals surface area contributed by atoms with Crippen LogP contribution in [0.3, 0.4) is 0 Å². The van der Waals surface area contributed by atoms with E-state index >= 15 is 0 Å². The molecule has 2 rings (SSSR count). The maximum absolute atomic E-state index is 12.6. The molecule has 1 aromatic carbocycles. The standard InChI is InChI=1S/C19H20F3NO/c1-13(2)10-11-24-18-9-6-16(12-23-18)14(3)15-4-7-17(8-5-15)19(20,21)22/h4-9,12,14H,1,10-11H2,2-3H3. The summed E-state index contributed by atoms with van der Waals surface area (Å²) < 4.78 is 43.3. The first-order valence-electron chi connectivity index (χ1n) is 7.67. The third kappa shape index (κ3) is 4.85. The summed E-state index contributed by atoms with van der Waals surface area (Å²) in [6.07, 6.45) is -1.85. The zero-order valence-corrected chi connectivity index (χ0v) is 13.7. The van der Waals surface area contributed by atoms with E-state index in [2.05, 4.69) is 11.6 Å². The Morgan fingerprint density at radius 1 is 1.12 bits per heavy atom. The van der Waals surface area contributed by atoms with Crippen LogP contribution in [0.5, 0.6) is 5.88 Å². The fraction of sp³-hybridized carbons (Fsp3) is 0.316. The van der Waals surface area contributed by atoms with E-state index < -0.39 is 11.7 Å². The first-order valence-corrected chi connectivity index (χ1v) is 7.67. The molecule has 2 nitrogen and oxygen atoms in total. The van der Waals surface area contributed by atoms with Crippen molar-refractivity contribution in [1.29, 1.82) is 0 Å². The van der Waals surface area contributed by atoms with E-state index in [-0.39, 0.29) is 5.92 Å².